The molecule has 4 aromatic rings. The average Bonchev–Trinajstić information content (AvgIpc) is 2.84. The van der Waals surface area contributed by atoms with Crippen molar-refractivity contribution >= 4 is 34.3 Å². The normalized spacial score (nSPS) is 11.9. The van der Waals surface area contributed by atoms with Crippen molar-refractivity contribution in [2.24, 2.45) is 4.99 Å². The van der Waals surface area contributed by atoms with E-state index in [4.69, 9.17) is 9.73 Å². The smallest absolute Gasteiger partial charge is 0.166 e. The van der Waals surface area contributed by atoms with Crippen LogP contribution in [0.25, 0.3) is 0 Å². The molecule has 0 aliphatic heterocycles. The molecule has 0 N–H and O–H groups in total. The maximum atomic E-state index is 13.3. The number of halogens is 1. The first-order chi connectivity index (χ1) is 15.8. The lowest BCUT2D eigenvalue weighted by molar-refractivity contribution is 0.457. The van der Waals surface area contributed by atoms with E-state index in [1.165, 1.54) is 35.7 Å². The molecule has 0 saturated heterocycles. The summed E-state index contributed by atoms with van der Waals surface area (Å²) in [5, 5.41) is 2.64. The highest BCUT2D eigenvalue weighted by Crippen LogP contribution is 2.31. The molecule has 0 aromatic heterocycles. The molecule has 0 saturated carbocycles. The number of hydrogen-bond donors (Lipinski definition) is 0. The summed E-state index contributed by atoms with van der Waals surface area (Å²) in [6.07, 6.45) is 0. The minimum Gasteiger partial charge on any atom is -0.454 e. The molecule has 158 valence electrons. The van der Waals surface area contributed by atoms with E-state index in [9.17, 15) is 4.39 Å². The molecule has 4 rings (SSSR count). The van der Waals surface area contributed by atoms with Crippen LogP contribution in [0.3, 0.4) is 0 Å². The summed E-state index contributed by atoms with van der Waals surface area (Å²) in [5.41, 5.74) is 0.834. The summed E-state index contributed by atoms with van der Waals surface area (Å²) < 4.78 is 19.6. The molecule has 0 radical (unpaired) electrons. The summed E-state index contributed by atoms with van der Waals surface area (Å²) in [7, 11) is 0. The van der Waals surface area contributed by atoms with Gasteiger partial charge in [0.1, 0.15) is 16.6 Å². The fraction of sp³-hybridized carbons (Fsp3) is 0. The second-order valence-electron chi connectivity index (χ2n) is 6.64. The summed E-state index contributed by atoms with van der Waals surface area (Å²) in [4.78, 5) is 6.85. The van der Waals surface area contributed by atoms with E-state index in [2.05, 4.69) is 0 Å². The second-order valence-corrected chi connectivity index (χ2v) is 8.64. The number of benzene rings is 4. The molecule has 5 heteroatoms. The van der Waals surface area contributed by atoms with Gasteiger partial charge < -0.3 is 4.74 Å². The Labute approximate surface area is 195 Å². The van der Waals surface area contributed by atoms with Crippen molar-refractivity contribution in [3.8, 4) is 5.75 Å². The van der Waals surface area contributed by atoms with Crippen molar-refractivity contribution < 1.29 is 9.13 Å². The summed E-state index contributed by atoms with van der Waals surface area (Å²) in [5.74, 6) is 1.07. The minimum absolute atomic E-state index is 0.259. The fourth-order valence-electron chi connectivity index (χ4n) is 2.72. The van der Waals surface area contributed by atoms with Crippen LogP contribution in [-0.2, 0) is 0 Å². The molecular formula is C27H20FNOS2. The Bertz CT molecular complexity index is 1180. The quantitative estimate of drug-likeness (QED) is 0.120. The molecule has 4 aromatic carbocycles. The lowest BCUT2D eigenvalue weighted by atomic mass is 10.3. The topological polar surface area (TPSA) is 21.6 Å². The van der Waals surface area contributed by atoms with Gasteiger partial charge in [-0.1, -0.05) is 78.1 Å². The zero-order chi connectivity index (χ0) is 22.0. The first-order valence-electron chi connectivity index (χ1n) is 9.98. The SMILES string of the molecule is Fc1ccc(S/C=C(\Oc2ccccc2)C(=Nc2ccccc2)Sc2ccccc2)cc1. The standard InChI is InChI=1S/C27H20FNOS2/c28-21-16-18-24(19-17-21)31-20-26(30-23-12-6-2-7-13-23)27(29-22-10-4-1-5-11-22)32-25-14-8-3-9-15-25/h1-20H/b26-20-,29-27?. The predicted molar refractivity (Wildman–Crippen MR) is 133 cm³/mol. The van der Waals surface area contributed by atoms with Crippen LogP contribution in [-0.4, -0.2) is 5.04 Å². The number of ether oxygens (including phenoxy) is 1. The molecule has 2 nitrogen and oxygen atoms in total. The van der Waals surface area contributed by atoms with Gasteiger partial charge in [-0.05, 0) is 60.7 Å². The van der Waals surface area contributed by atoms with Crippen LogP contribution in [0, 0.1) is 5.82 Å². The second kappa shape index (κ2) is 11.4. The number of thioether (sulfide) groups is 2. The van der Waals surface area contributed by atoms with Crippen molar-refractivity contribution in [3.05, 3.63) is 132 Å². The van der Waals surface area contributed by atoms with Crippen LogP contribution < -0.4 is 4.74 Å². The number of aliphatic imine (C=N–C) groups is 1. The van der Waals surface area contributed by atoms with Gasteiger partial charge in [-0.25, -0.2) is 9.38 Å². The van der Waals surface area contributed by atoms with E-state index in [1.54, 1.807) is 12.1 Å². The monoisotopic (exact) mass is 457 g/mol. The number of rotatable bonds is 7. The van der Waals surface area contributed by atoms with E-state index < -0.39 is 0 Å². The van der Waals surface area contributed by atoms with Crippen LogP contribution in [0.2, 0.25) is 0 Å². The van der Waals surface area contributed by atoms with E-state index in [1.807, 2.05) is 96.4 Å². The Balaban J connectivity index is 1.72. The highest BCUT2D eigenvalue weighted by molar-refractivity contribution is 8.14. The van der Waals surface area contributed by atoms with Gasteiger partial charge in [0.05, 0.1) is 5.69 Å². The first kappa shape index (κ1) is 21.9. The van der Waals surface area contributed by atoms with Crippen molar-refractivity contribution in [1.29, 1.82) is 0 Å². The first-order valence-corrected chi connectivity index (χ1v) is 11.7. The summed E-state index contributed by atoms with van der Waals surface area (Å²) in [6, 6.07) is 35.9. The lowest BCUT2D eigenvalue weighted by Crippen LogP contribution is -2.06. The Morgan fingerprint density at radius 2 is 1.28 bits per heavy atom. The maximum absolute atomic E-state index is 13.3. The van der Waals surface area contributed by atoms with Gasteiger partial charge in [-0.2, -0.15) is 0 Å². The molecule has 0 spiro atoms. The summed E-state index contributed by atoms with van der Waals surface area (Å²) >= 11 is 2.99. The van der Waals surface area contributed by atoms with Crippen LogP contribution in [0.15, 0.2) is 141 Å². The Morgan fingerprint density at radius 3 is 1.94 bits per heavy atom. The average molecular weight is 458 g/mol. The molecule has 0 aliphatic rings. The molecule has 0 heterocycles. The molecule has 32 heavy (non-hydrogen) atoms. The van der Waals surface area contributed by atoms with E-state index >= 15 is 0 Å². The largest absolute Gasteiger partial charge is 0.454 e. The Hall–Kier alpha value is -3.28. The van der Waals surface area contributed by atoms with Gasteiger partial charge in [0.2, 0.25) is 0 Å². The van der Waals surface area contributed by atoms with E-state index in [0.29, 0.717) is 11.5 Å². The van der Waals surface area contributed by atoms with Crippen molar-refractivity contribution in [1.82, 2.24) is 0 Å². The molecule has 0 unspecified atom stereocenters. The van der Waals surface area contributed by atoms with Gasteiger partial charge in [0.15, 0.2) is 5.76 Å². The van der Waals surface area contributed by atoms with Gasteiger partial charge in [-0.3, -0.25) is 0 Å². The highest BCUT2D eigenvalue weighted by Gasteiger charge is 2.14. The van der Waals surface area contributed by atoms with Crippen LogP contribution in [0.4, 0.5) is 10.1 Å². The van der Waals surface area contributed by atoms with Gasteiger partial charge >= 0.3 is 0 Å². The highest BCUT2D eigenvalue weighted by atomic mass is 32.2. The Morgan fingerprint density at radius 1 is 0.688 bits per heavy atom. The third-order valence-corrected chi connectivity index (χ3v) is 6.11. The summed E-state index contributed by atoms with van der Waals surface area (Å²) in [6.45, 7) is 0. The molecule has 0 bridgehead atoms. The van der Waals surface area contributed by atoms with E-state index in [0.717, 1.165) is 20.5 Å². The van der Waals surface area contributed by atoms with Gasteiger partial charge in [0.25, 0.3) is 0 Å². The maximum Gasteiger partial charge on any atom is 0.166 e. The number of para-hydroxylation sites is 2. The molecule has 0 amide bonds. The molecule has 0 atom stereocenters. The molecule has 0 aliphatic carbocycles. The number of hydrogen-bond acceptors (Lipinski definition) is 4. The Kier molecular flexibility index (Phi) is 7.79. The van der Waals surface area contributed by atoms with Crippen LogP contribution in [0.5, 0.6) is 5.75 Å². The van der Waals surface area contributed by atoms with E-state index in [-0.39, 0.29) is 5.82 Å². The van der Waals surface area contributed by atoms with Crippen LogP contribution in [0.1, 0.15) is 0 Å². The molecular weight excluding hydrogens is 437 g/mol. The van der Waals surface area contributed by atoms with Gasteiger partial charge in [-0.15, -0.1) is 0 Å². The third kappa shape index (κ3) is 6.61. The van der Waals surface area contributed by atoms with Crippen molar-refractivity contribution in [3.63, 3.8) is 0 Å². The number of nitrogens with zero attached hydrogens (tertiary/aromatic N) is 1. The zero-order valence-corrected chi connectivity index (χ0v) is 18.7. The molecule has 0 fully saturated rings. The fourth-order valence-corrected chi connectivity index (χ4v) is 4.36. The lowest BCUT2D eigenvalue weighted by Gasteiger charge is -2.13. The predicted octanol–water partition coefficient (Wildman–Crippen LogP) is 8.36. The zero-order valence-electron chi connectivity index (χ0n) is 17.1. The van der Waals surface area contributed by atoms with Crippen molar-refractivity contribution in [2.75, 3.05) is 0 Å². The van der Waals surface area contributed by atoms with Crippen LogP contribution >= 0.6 is 23.5 Å². The minimum atomic E-state index is -0.259. The third-order valence-electron chi connectivity index (χ3n) is 4.24. The van der Waals surface area contributed by atoms with Gasteiger partial charge in [0, 0.05) is 15.2 Å². The van der Waals surface area contributed by atoms with Crippen molar-refractivity contribution in [2.45, 2.75) is 9.79 Å².